The minimum absolute atomic E-state index is 0.0118. The van der Waals surface area contributed by atoms with E-state index >= 15 is 0 Å². The summed E-state index contributed by atoms with van der Waals surface area (Å²) >= 11 is 5.34. The molecule has 0 spiro atoms. The molecule has 0 radical (unpaired) electrons. The van der Waals surface area contributed by atoms with Crippen molar-refractivity contribution >= 4 is 44.5 Å². The highest BCUT2D eigenvalue weighted by Crippen LogP contribution is 2.46. The number of anilines is 1. The van der Waals surface area contributed by atoms with Crippen LogP contribution in [-0.4, -0.2) is 10.7 Å². The third-order valence-electron chi connectivity index (χ3n) is 3.15. The van der Waals surface area contributed by atoms with Crippen LogP contribution in [0.15, 0.2) is 21.0 Å². The topological polar surface area (TPSA) is 52.0 Å². The average molecular weight is 313 g/mol. The number of halogens is 1. The van der Waals surface area contributed by atoms with Crippen LogP contribution < -0.4 is 5.73 Å². The molecular formula is C12H13BrN2OS. The number of nitrogen functional groups attached to an aromatic ring is 1. The molecule has 1 saturated heterocycles. The van der Waals surface area contributed by atoms with Crippen molar-refractivity contribution in [2.24, 2.45) is 0 Å². The molecule has 17 heavy (non-hydrogen) atoms. The fourth-order valence-corrected chi connectivity index (χ4v) is 3.90. The molecule has 1 aromatic heterocycles. The lowest BCUT2D eigenvalue weighted by Crippen LogP contribution is -2.12. The number of thioether (sulfide) groups is 1. The van der Waals surface area contributed by atoms with Crippen molar-refractivity contribution in [2.45, 2.75) is 24.5 Å². The SMILES string of the molecule is CC1(c2nc3cc(Br)cc(N)c3o2)CCCS1. The first-order valence-electron chi connectivity index (χ1n) is 5.58. The smallest absolute Gasteiger partial charge is 0.211 e. The summed E-state index contributed by atoms with van der Waals surface area (Å²) in [5, 5.41) is 0. The van der Waals surface area contributed by atoms with Crippen molar-refractivity contribution in [1.82, 2.24) is 4.98 Å². The summed E-state index contributed by atoms with van der Waals surface area (Å²) in [6, 6.07) is 3.79. The first-order chi connectivity index (χ1) is 8.08. The van der Waals surface area contributed by atoms with Crippen LogP contribution in [0.3, 0.4) is 0 Å². The number of aromatic nitrogens is 1. The van der Waals surface area contributed by atoms with Crippen LogP contribution in [-0.2, 0) is 4.75 Å². The van der Waals surface area contributed by atoms with E-state index in [1.54, 1.807) is 0 Å². The van der Waals surface area contributed by atoms with Crippen LogP contribution in [0.5, 0.6) is 0 Å². The van der Waals surface area contributed by atoms with Gasteiger partial charge in [-0.25, -0.2) is 4.98 Å². The molecule has 2 aromatic rings. The fraction of sp³-hybridized carbons (Fsp3) is 0.417. The van der Waals surface area contributed by atoms with Crippen LogP contribution in [0, 0.1) is 0 Å². The van der Waals surface area contributed by atoms with Gasteiger partial charge in [-0.2, -0.15) is 0 Å². The van der Waals surface area contributed by atoms with Crippen molar-refractivity contribution in [3.8, 4) is 0 Å². The number of fused-ring (bicyclic) bond motifs is 1. The predicted octanol–water partition coefficient (Wildman–Crippen LogP) is 3.91. The monoisotopic (exact) mass is 312 g/mol. The van der Waals surface area contributed by atoms with Gasteiger partial charge in [0.2, 0.25) is 5.89 Å². The summed E-state index contributed by atoms with van der Waals surface area (Å²) in [4.78, 5) is 4.59. The highest BCUT2D eigenvalue weighted by atomic mass is 79.9. The third kappa shape index (κ3) is 1.85. The molecule has 1 aliphatic rings. The third-order valence-corrected chi connectivity index (χ3v) is 5.12. The highest BCUT2D eigenvalue weighted by molar-refractivity contribution is 9.10. The van der Waals surface area contributed by atoms with E-state index in [0.29, 0.717) is 11.3 Å². The molecule has 3 rings (SSSR count). The second-order valence-electron chi connectivity index (χ2n) is 4.55. The summed E-state index contributed by atoms with van der Waals surface area (Å²) in [5.74, 6) is 1.98. The largest absolute Gasteiger partial charge is 0.437 e. The van der Waals surface area contributed by atoms with E-state index in [2.05, 4.69) is 27.8 Å². The maximum Gasteiger partial charge on any atom is 0.211 e. The number of rotatable bonds is 1. The van der Waals surface area contributed by atoms with Gasteiger partial charge < -0.3 is 10.2 Å². The van der Waals surface area contributed by atoms with Crippen molar-refractivity contribution in [3.63, 3.8) is 0 Å². The molecule has 2 N–H and O–H groups in total. The number of nitrogens with two attached hydrogens (primary N) is 1. The zero-order valence-corrected chi connectivity index (χ0v) is 11.9. The average Bonchev–Trinajstić information content (AvgIpc) is 2.84. The summed E-state index contributed by atoms with van der Waals surface area (Å²) in [5.41, 5.74) is 8.12. The maximum atomic E-state index is 5.94. The Morgan fingerprint density at radius 2 is 2.35 bits per heavy atom. The number of oxazole rings is 1. The molecule has 0 saturated carbocycles. The fourth-order valence-electron chi connectivity index (χ4n) is 2.20. The predicted molar refractivity (Wildman–Crippen MR) is 75.2 cm³/mol. The lowest BCUT2D eigenvalue weighted by atomic mass is 10.1. The van der Waals surface area contributed by atoms with E-state index in [1.165, 1.54) is 12.2 Å². The number of hydrogen-bond acceptors (Lipinski definition) is 4. The molecule has 0 bridgehead atoms. The second-order valence-corrected chi connectivity index (χ2v) is 7.06. The molecular weight excluding hydrogens is 300 g/mol. The van der Waals surface area contributed by atoms with Crippen molar-refractivity contribution in [1.29, 1.82) is 0 Å². The number of benzene rings is 1. The van der Waals surface area contributed by atoms with Crippen LogP contribution in [0.2, 0.25) is 0 Å². The Kier molecular flexibility index (Phi) is 2.63. The Balaban J connectivity index is 2.16. The first-order valence-corrected chi connectivity index (χ1v) is 7.36. The van der Waals surface area contributed by atoms with E-state index in [0.717, 1.165) is 22.3 Å². The standard InChI is InChI=1S/C12H13BrN2OS/c1-12(3-2-4-17-12)11-15-9-6-7(13)5-8(14)10(9)16-11/h5-6H,2-4,14H2,1H3. The minimum Gasteiger partial charge on any atom is -0.437 e. The number of nitrogens with zero attached hydrogens (tertiary/aromatic N) is 1. The Hall–Kier alpha value is -0.680. The van der Waals surface area contributed by atoms with Crippen molar-refractivity contribution in [3.05, 3.63) is 22.5 Å². The van der Waals surface area contributed by atoms with Gasteiger partial charge in [-0.3, -0.25) is 0 Å². The number of hydrogen-bond donors (Lipinski definition) is 1. The van der Waals surface area contributed by atoms with Gasteiger partial charge in [-0.15, -0.1) is 11.8 Å². The zero-order valence-electron chi connectivity index (χ0n) is 9.50. The van der Waals surface area contributed by atoms with Gasteiger partial charge in [0, 0.05) is 4.47 Å². The van der Waals surface area contributed by atoms with Crippen LogP contribution >= 0.6 is 27.7 Å². The summed E-state index contributed by atoms with van der Waals surface area (Å²) in [6.07, 6.45) is 2.34. The minimum atomic E-state index is 0.0118. The highest BCUT2D eigenvalue weighted by Gasteiger charge is 2.36. The summed E-state index contributed by atoms with van der Waals surface area (Å²) in [6.45, 7) is 2.20. The van der Waals surface area contributed by atoms with Crippen LogP contribution in [0.25, 0.3) is 11.1 Å². The lowest BCUT2D eigenvalue weighted by Gasteiger charge is -2.17. The summed E-state index contributed by atoms with van der Waals surface area (Å²) < 4.78 is 6.81. The Bertz CT molecular complexity index is 575. The van der Waals surface area contributed by atoms with Gasteiger partial charge in [0.05, 0.1) is 10.4 Å². The van der Waals surface area contributed by atoms with Crippen molar-refractivity contribution in [2.75, 3.05) is 11.5 Å². The van der Waals surface area contributed by atoms with Crippen LogP contribution in [0.4, 0.5) is 5.69 Å². The molecule has 1 fully saturated rings. The van der Waals surface area contributed by atoms with Gasteiger partial charge in [0.1, 0.15) is 5.52 Å². The molecule has 3 nitrogen and oxygen atoms in total. The molecule has 2 heterocycles. The lowest BCUT2D eigenvalue weighted by molar-refractivity contribution is 0.451. The van der Waals surface area contributed by atoms with E-state index in [4.69, 9.17) is 10.2 Å². The van der Waals surface area contributed by atoms with Crippen molar-refractivity contribution < 1.29 is 4.42 Å². The molecule has 1 aromatic carbocycles. The first kappa shape index (κ1) is 11.4. The maximum absolute atomic E-state index is 5.94. The molecule has 0 amide bonds. The molecule has 1 aliphatic heterocycles. The van der Waals surface area contributed by atoms with Crippen LogP contribution in [0.1, 0.15) is 25.7 Å². The van der Waals surface area contributed by atoms with E-state index in [-0.39, 0.29) is 4.75 Å². The van der Waals surface area contributed by atoms with E-state index in [9.17, 15) is 0 Å². The van der Waals surface area contributed by atoms with Gasteiger partial charge >= 0.3 is 0 Å². The Labute approximate surface area is 112 Å². The van der Waals surface area contributed by atoms with Gasteiger partial charge in [-0.1, -0.05) is 15.9 Å². The molecule has 1 atom stereocenters. The molecule has 5 heteroatoms. The van der Waals surface area contributed by atoms with Gasteiger partial charge in [0.15, 0.2) is 5.58 Å². The second kappa shape index (κ2) is 3.92. The Morgan fingerprint density at radius 1 is 1.53 bits per heavy atom. The molecule has 1 unspecified atom stereocenters. The van der Waals surface area contributed by atoms with E-state index in [1.807, 2.05) is 23.9 Å². The van der Waals surface area contributed by atoms with E-state index < -0.39 is 0 Å². The zero-order chi connectivity index (χ0) is 12.0. The van der Waals surface area contributed by atoms with Gasteiger partial charge in [-0.05, 0) is 37.7 Å². The Morgan fingerprint density at radius 3 is 3.06 bits per heavy atom. The molecule has 0 aliphatic carbocycles. The normalized spacial score (nSPS) is 24.6. The van der Waals surface area contributed by atoms with Gasteiger partial charge in [0.25, 0.3) is 0 Å². The quantitative estimate of drug-likeness (QED) is 0.811. The summed E-state index contributed by atoms with van der Waals surface area (Å²) in [7, 11) is 0. The molecule has 90 valence electrons.